The molecule has 0 heterocycles. The lowest BCUT2D eigenvalue weighted by Gasteiger charge is -2.35. The quantitative estimate of drug-likeness (QED) is 0.754. The number of para-hydroxylation sites is 1. The summed E-state index contributed by atoms with van der Waals surface area (Å²) in [5, 5.41) is 0. The minimum Gasteiger partial charge on any atom is -0.461 e. The second-order valence-electron chi connectivity index (χ2n) is 6.23. The van der Waals surface area contributed by atoms with Crippen molar-refractivity contribution in [3.05, 3.63) is 30.3 Å². The van der Waals surface area contributed by atoms with Crippen LogP contribution < -0.4 is 4.90 Å². The monoisotopic (exact) mass is 319 g/mol. The molecule has 126 valence electrons. The van der Waals surface area contributed by atoms with Crippen molar-refractivity contribution in [2.24, 2.45) is 5.92 Å². The van der Waals surface area contributed by atoms with Crippen LogP contribution in [0.4, 0.5) is 5.69 Å². The molecule has 1 aliphatic carbocycles. The summed E-state index contributed by atoms with van der Waals surface area (Å²) in [6.07, 6.45) is 2.50. The van der Waals surface area contributed by atoms with Crippen LogP contribution in [0.5, 0.6) is 0 Å². The van der Waals surface area contributed by atoms with Gasteiger partial charge in [0, 0.05) is 11.7 Å². The maximum atomic E-state index is 12.5. The van der Waals surface area contributed by atoms with Crippen molar-refractivity contribution in [3.8, 4) is 0 Å². The maximum Gasteiger partial charge on any atom is 0.373 e. The van der Waals surface area contributed by atoms with E-state index in [0.29, 0.717) is 6.04 Å². The van der Waals surface area contributed by atoms with E-state index in [1.54, 1.807) is 0 Å². The van der Waals surface area contributed by atoms with Gasteiger partial charge < -0.3 is 9.64 Å². The standard InChI is InChI=1S/C17H25NO2.CO2/c1-12(2)16(17(19)20-13(3)4)18(15-10-11-15)14-8-6-5-7-9-14;2-1-3/h5-9,12-13,15-16H,10-11H2,1-4H3;. The number of ether oxygens (including phenoxy) is 1. The van der Waals surface area contributed by atoms with Gasteiger partial charge in [-0.2, -0.15) is 9.59 Å². The van der Waals surface area contributed by atoms with Crippen molar-refractivity contribution >= 4 is 17.8 Å². The molecule has 5 nitrogen and oxygen atoms in total. The number of rotatable bonds is 6. The molecule has 2 rings (SSSR count). The van der Waals surface area contributed by atoms with Gasteiger partial charge in [-0.1, -0.05) is 32.0 Å². The Morgan fingerprint density at radius 3 is 2.04 bits per heavy atom. The van der Waals surface area contributed by atoms with Crippen molar-refractivity contribution in [3.63, 3.8) is 0 Å². The fourth-order valence-electron chi connectivity index (χ4n) is 2.56. The van der Waals surface area contributed by atoms with Gasteiger partial charge in [0.25, 0.3) is 0 Å². The highest BCUT2D eigenvalue weighted by molar-refractivity contribution is 5.81. The Labute approximate surface area is 137 Å². The molecule has 0 amide bonds. The molecule has 0 saturated heterocycles. The molecule has 0 aromatic heterocycles. The second kappa shape index (κ2) is 9.11. The number of benzene rings is 1. The molecule has 0 radical (unpaired) electrons. The normalized spacial score (nSPS) is 14.5. The van der Waals surface area contributed by atoms with Crippen LogP contribution in [0.15, 0.2) is 30.3 Å². The lowest BCUT2D eigenvalue weighted by molar-refractivity contribution is -0.191. The molecule has 5 heteroatoms. The van der Waals surface area contributed by atoms with E-state index in [0.717, 1.165) is 18.5 Å². The molecule has 0 N–H and O–H groups in total. The summed E-state index contributed by atoms with van der Waals surface area (Å²) in [5.74, 6) is 0.118. The van der Waals surface area contributed by atoms with E-state index in [-0.39, 0.29) is 30.2 Å². The van der Waals surface area contributed by atoms with Crippen LogP contribution >= 0.6 is 0 Å². The average molecular weight is 319 g/mol. The highest BCUT2D eigenvalue weighted by atomic mass is 16.5. The summed E-state index contributed by atoms with van der Waals surface area (Å²) in [6.45, 7) is 7.98. The van der Waals surface area contributed by atoms with Crippen LogP contribution in [0.1, 0.15) is 40.5 Å². The van der Waals surface area contributed by atoms with E-state index < -0.39 is 0 Å². The molecular weight excluding hydrogens is 294 g/mol. The number of hydrogen-bond acceptors (Lipinski definition) is 5. The molecule has 1 aliphatic rings. The first-order chi connectivity index (χ1) is 10.9. The van der Waals surface area contributed by atoms with Gasteiger partial charge in [0.15, 0.2) is 0 Å². The highest BCUT2D eigenvalue weighted by Crippen LogP contribution is 2.35. The van der Waals surface area contributed by atoms with E-state index in [2.05, 4.69) is 30.9 Å². The van der Waals surface area contributed by atoms with Crippen molar-refractivity contribution in [1.29, 1.82) is 0 Å². The third-order valence-electron chi connectivity index (χ3n) is 3.52. The van der Waals surface area contributed by atoms with Gasteiger partial charge in [0.05, 0.1) is 6.10 Å². The first-order valence-electron chi connectivity index (χ1n) is 7.95. The van der Waals surface area contributed by atoms with Crippen LogP contribution in [0, 0.1) is 5.92 Å². The van der Waals surface area contributed by atoms with Crippen LogP contribution in [0.3, 0.4) is 0 Å². The molecule has 1 fully saturated rings. The zero-order chi connectivity index (χ0) is 17.4. The third kappa shape index (κ3) is 5.87. The van der Waals surface area contributed by atoms with Crippen LogP contribution in [-0.4, -0.2) is 30.3 Å². The van der Waals surface area contributed by atoms with Crippen molar-refractivity contribution in [2.75, 3.05) is 4.90 Å². The molecule has 1 unspecified atom stereocenters. The van der Waals surface area contributed by atoms with Crippen molar-refractivity contribution in [1.82, 2.24) is 0 Å². The summed E-state index contributed by atoms with van der Waals surface area (Å²) in [4.78, 5) is 31.0. The minimum atomic E-state index is -0.202. The largest absolute Gasteiger partial charge is 0.461 e. The lowest BCUT2D eigenvalue weighted by Crippen LogP contribution is -2.47. The van der Waals surface area contributed by atoms with Crippen LogP contribution in [-0.2, 0) is 19.1 Å². The zero-order valence-electron chi connectivity index (χ0n) is 14.2. The molecule has 23 heavy (non-hydrogen) atoms. The van der Waals surface area contributed by atoms with Gasteiger partial charge in [-0.05, 0) is 44.7 Å². The molecule has 0 aliphatic heterocycles. The molecule has 1 saturated carbocycles. The predicted octanol–water partition coefficient (Wildman–Crippen LogP) is 3.05. The Morgan fingerprint density at radius 2 is 1.65 bits per heavy atom. The fourth-order valence-corrected chi connectivity index (χ4v) is 2.56. The number of carbonyl (C=O) groups is 1. The van der Waals surface area contributed by atoms with Gasteiger partial charge in [0.2, 0.25) is 0 Å². The Balaban J connectivity index is 0.000000816. The van der Waals surface area contributed by atoms with Gasteiger partial charge in [0.1, 0.15) is 6.04 Å². The Hall–Kier alpha value is -2.13. The summed E-state index contributed by atoms with van der Waals surface area (Å²) >= 11 is 0. The molecule has 0 spiro atoms. The van der Waals surface area contributed by atoms with Gasteiger partial charge in [-0.3, -0.25) is 0 Å². The first kappa shape index (κ1) is 18.9. The fraction of sp³-hybridized carbons (Fsp3) is 0.556. The van der Waals surface area contributed by atoms with Gasteiger partial charge in [-0.25, -0.2) is 4.79 Å². The molecule has 1 aromatic rings. The first-order valence-corrected chi connectivity index (χ1v) is 7.95. The lowest BCUT2D eigenvalue weighted by atomic mass is 10.0. The number of esters is 1. The number of carbonyl (C=O) groups excluding carboxylic acids is 3. The minimum absolute atomic E-state index is 0.0689. The van der Waals surface area contributed by atoms with Crippen molar-refractivity contribution in [2.45, 2.75) is 58.7 Å². The second-order valence-corrected chi connectivity index (χ2v) is 6.23. The summed E-state index contributed by atoms with van der Waals surface area (Å²) in [7, 11) is 0. The number of nitrogens with zero attached hydrogens (tertiary/aromatic N) is 1. The van der Waals surface area contributed by atoms with Crippen LogP contribution in [0.2, 0.25) is 0 Å². The SMILES string of the molecule is CC(C)OC(=O)C(C(C)C)N(c1ccccc1)C1CC1.O=C=O. The number of hydrogen-bond donors (Lipinski definition) is 0. The molecular formula is C18H25NO4. The molecule has 0 bridgehead atoms. The Kier molecular flexibility index (Phi) is 7.49. The average Bonchev–Trinajstić information content (AvgIpc) is 3.29. The predicted molar refractivity (Wildman–Crippen MR) is 86.8 cm³/mol. The zero-order valence-corrected chi connectivity index (χ0v) is 14.2. The van der Waals surface area contributed by atoms with E-state index in [9.17, 15) is 4.79 Å². The smallest absolute Gasteiger partial charge is 0.373 e. The van der Waals surface area contributed by atoms with Gasteiger partial charge in [-0.15, -0.1) is 0 Å². The summed E-state index contributed by atoms with van der Waals surface area (Å²) in [6, 6.07) is 10.5. The van der Waals surface area contributed by atoms with E-state index >= 15 is 0 Å². The number of anilines is 1. The molecule has 1 aromatic carbocycles. The summed E-state index contributed by atoms with van der Waals surface area (Å²) in [5.41, 5.74) is 1.12. The van der Waals surface area contributed by atoms with Crippen molar-refractivity contribution < 1.29 is 19.1 Å². The maximum absolute atomic E-state index is 12.5. The topological polar surface area (TPSA) is 63.7 Å². The van der Waals surface area contributed by atoms with Crippen LogP contribution in [0.25, 0.3) is 0 Å². The van der Waals surface area contributed by atoms with E-state index in [1.165, 1.54) is 0 Å². The van der Waals surface area contributed by atoms with Gasteiger partial charge >= 0.3 is 12.1 Å². The third-order valence-corrected chi connectivity index (χ3v) is 3.52. The summed E-state index contributed by atoms with van der Waals surface area (Å²) < 4.78 is 5.47. The Bertz CT molecular complexity index is 517. The molecule has 1 atom stereocenters. The Morgan fingerprint density at radius 1 is 1.13 bits per heavy atom. The van der Waals surface area contributed by atoms with E-state index in [4.69, 9.17) is 14.3 Å². The highest BCUT2D eigenvalue weighted by Gasteiger charge is 2.40. The van der Waals surface area contributed by atoms with E-state index in [1.807, 2.05) is 32.0 Å².